The van der Waals surface area contributed by atoms with Gasteiger partial charge in [-0.3, -0.25) is 4.79 Å². The Labute approximate surface area is 207 Å². The number of para-hydroxylation sites is 1. The van der Waals surface area contributed by atoms with Crippen molar-refractivity contribution in [3.63, 3.8) is 0 Å². The number of hydrogen-bond acceptors (Lipinski definition) is 4. The molecule has 5 nitrogen and oxygen atoms in total. The maximum Gasteiger partial charge on any atom is 0.272 e. The minimum atomic E-state index is -0.360. The normalized spacial score (nSPS) is 10.7. The van der Waals surface area contributed by atoms with Gasteiger partial charge in [0, 0.05) is 21.0 Å². The zero-order valence-corrected chi connectivity index (χ0v) is 20.4. The van der Waals surface area contributed by atoms with E-state index < -0.39 is 0 Å². The Morgan fingerprint density at radius 1 is 1.12 bits per heavy atom. The molecule has 0 atom stereocenters. The van der Waals surface area contributed by atoms with Gasteiger partial charge in [-0.05, 0) is 52.3 Å². The van der Waals surface area contributed by atoms with Crippen molar-refractivity contribution < 1.29 is 4.79 Å². The Bertz CT molecular complexity index is 1320. The van der Waals surface area contributed by atoms with Crippen molar-refractivity contribution in [3.8, 4) is 23.0 Å². The van der Waals surface area contributed by atoms with Gasteiger partial charge in [-0.2, -0.15) is 10.4 Å². The van der Waals surface area contributed by atoms with Crippen molar-refractivity contribution in [2.45, 2.75) is 13.0 Å². The molecule has 0 radical (unpaired) electrons. The van der Waals surface area contributed by atoms with Crippen LogP contribution in [0.15, 0.2) is 64.5 Å². The Morgan fingerprint density at radius 2 is 1.88 bits per heavy atom. The smallest absolute Gasteiger partial charge is 0.272 e. The molecule has 2 aromatic heterocycles. The molecule has 2 aromatic carbocycles. The van der Waals surface area contributed by atoms with Gasteiger partial charge in [-0.1, -0.05) is 47.5 Å². The highest BCUT2D eigenvalue weighted by molar-refractivity contribution is 9.11. The lowest BCUT2D eigenvalue weighted by Crippen LogP contribution is -2.24. The molecule has 1 N–H and O–H groups in total. The number of nitriles is 1. The van der Waals surface area contributed by atoms with Gasteiger partial charge in [-0.15, -0.1) is 11.3 Å². The molecule has 0 aliphatic carbocycles. The van der Waals surface area contributed by atoms with E-state index >= 15 is 0 Å². The minimum absolute atomic E-state index is 0.00964. The van der Waals surface area contributed by atoms with Crippen molar-refractivity contribution in [2.24, 2.45) is 0 Å². The van der Waals surface area contributed by atoms with E-state index in [1.54, 1.807) is 22.9 Å². The Kier molecular flexibility index (Phi) is 6.97. The van der Waals surface area contributed by atoms with E-state index in [2.05, 4.69) is 32.4 Å². The lowest BCUT2D eigenvalue weighted by molar-refractivity contribution is 0.0945. The van der Waals surface area contributed by atoms with Crippen LogP contribution in [-0.4, -0.2) is 15.7 Å². The first-order chi connectivity index (χ1) is 15.5. The second-order valence-corrected chi connectivity index (χ2v) is 10.2. The summed E-state index contributed by atoms with van der Waals surface area (Å²) in [5, 5.41) is 18.1. The molecule has 2 heterocycles. The van der Waals surface area contributed by atoms with Crippen molar-refractivity contribution >= 4 is 56.4 Å². The summed E-state index contributed by atoms with van der Waals surface area (Å²) in [6.45, 7) is 0.357. The van der Waals surface area contributed by atoms with E-state index in [-0.39, 0.29) is 18.0 Å². The molecule has 0 bridgehead atoms. The third kappa shape index (κ3) is 4.74. The van der Waals surface area contributed by atoms with Crippen molar-refractivity contribution in [1.82, 2.24) is 15.1 Å². The molecule has 9 heteroatoms. The summed E-state index contributed by atoms with van der Waals surface area (Å²) in [7, 11) is 0. The van der Waals surface area contributed by atoms with E-state index in [0.717, 1.165) is 14.2 Å². The molecule has 1 amide bonds. The standard InChI is InChI=1S/C23H15BrCl2N4OS/c24-20-10-9-16(32-20)13-28-23(31)21-17(11-12-27)22(14-5-7-15(25)8-6-14)30(29-21)19-4-2-1-3-18(19)26/h1-10H,11,13H2,(H,28,31). The first kappa shape index (κ1) is 22.6. The minimum Gasteiger partial charge on any atom is -0.346 e. The van der Waals surface area contributed by atoms with Crippen LogP contribution in [0.4, 0.5) is 0 Å². The van der Waals surface area contributed by atoms with E-state index in [9.17, 15) is 10.1 Å². The summed E-state index contributed by atoms with van der Waals surface area (Å²) in [4.78, 5) is 14.1. The number of nitrogens with one attached hydrogen (secondary N) is 1. The molecular weight excluding hydrogens is 531 g/mol. The third-order valence-corrected chi connectivity index (χ3v) is 6.90. The molecule has 32 heavy (non-hydrogen) atoms. The number of amides is 1. The molecule has 0 aliphatic heterocycles. The van der Waals surface area contributed by atoms with Crippen LogP contribution in [0, 0.1) is 11.3 Å². The highest BCUT2D eigenvalue weighted by atomic mass is 79.9. The zero-order valence-electron chi connectivity index (χ0n) is 16.5. The maximum absolute atomic E-state index is 13.1. The Hall–Kier alpha value is -2.63. The van der Waals surface area contributed by atoms with Gasteiger partial charge in [-0.25, -0.2) is 4.68 Å². The predicted molar refractivity (Wildman–Crippen MR) is 132 cm³/mol. The van der Waals surface area contributed by atoms with Crippen molar-refractivity contribution in [1.29, 1.82) is 5.26 Å². The van der Waals surface area contributed by atoms with Gasteiger partial charge in [0.1, 0.15) is 0 Å². The fourth-order valence-electron chi connectivity index (χ4n) is 3.28. The van der Waals surface area contributed by atoms with Crippen LogP contribution < -0.4 is 5.32 Å². The average Bonchev–Trinajstić information content (AvgIpc) is 3.37. The maximum atomic E-state index is 13.1. The summed E-state index contributed by atoms with van der Waals surface area (Å²) in [6.07, 6.45) is 0.00964. The number of rotatable bonds is 6. The van der Waals surface area contributed by atoms with Gasteiger partial charge >= 0.3 is 0 Å². The van der Waals surface area contributed by atoms with Gasteiger partial charge < -0.3 is 5.32 Å². The Balaban J connectivity index is 1.83. The highest BCUT2D eigenvalue weighted by Crippen LogP contribution is 2.33. The number of benzene rings is 2. The van der Waals surface area contributed by atoms with Gasteiger partial charge in [0.05, 0.1) is 39.2 Å². The van der Waals surface area contributed by atoms with Crippen LogP contribution >= 0.6 is 50.5 Å². The molecule has 0 unspecified atom stereocenters. The molecule has 4 rings (SSSR count). The molecule has 0 saturated heterocycles. The largest absolute Gasteiger partial charge is 0.346 e. The fourth-order valence-corrected chi connectivity index (χ4v) is 5.04. The molecular formula is C23H15BrCl2N4OS. The second-order valence-electron chi connectivity index (χ2n) is 6.77. The van der Waals surface area contributed by atoms with E-state index in [4.69, 9.17) is 23.2 Å². The molecule has 0 aliphatic rings. The van der Waals surface area contributed by atoms with E-state index in [1.807, 2.05) is 42.5 Å². The van der Waals surface area contributed by atoms with Crippen LogP contribution in [-0.2, 0) is 13.0 Å². The quantitative estimate of drug-likeness (QED) is 0.294. The zero-order chi connectivity index (χ0) is 22.7. The molecule has 0 fully saturated rings. The highest BCUT2D eigenvalue weighted by Gasteiger charge is 2.25. The number of carbonyl (C=O) groups excluding carboxylic acids is 1. The third-order valence-electron chi connectivity index (χ3n) is 4.70. The first-order valence-electron chi connectivity index (χ1n) is 9.50. The number of aromatic nitrogens is 2. The van der Waals surface area contributed by atoms with E-state index in [0.29, 0.717) is 33.5 Å². The molecule has 0 saturated carbocycles. The van der Waals surface area contributed by atoms with Crippen LogP contribution in [0.3, 0.4) is 0 Å². The van der Waals surface area contributed by atoms with Gasteiger partial charge in [0.25, 0.3) is 5.91 Å². The average molecular weight is 546 g/mol. The monoisotopic (exact) mass is 544 g/mol. The summed E-state index contributed by atoms with van der Waals surface area (Å²) >= 11 is 17.5. The molecule has 0 spiro atoms. The molecule has 160 valence electrons. The lowest BCUT2D eigenvalue weighted by Gasteiger charge is -2.10. The summed E-state index contributed by atoms with van der Waals surface area (Å²) in [5.41, 5.74) is 2.72. The molecule has 4 aromatic rings. The SMILES string of the molecule is N#CCc1c(C(=O)NCc2ccc(Br)s2)nn(-c2ccccc2Cl)c1-c1ccc(Cl)cc1. The fraction of sp³-hybridized carbons (Fsp3) is 0.0870. The number of halogens is 3. The first-order valence-corrected chi connectivity index (χ1v) is 11.9. The summed E-state index contributed by atoms with van der Waals surface area (Å²) < 4.78 is 2.61. The van der Waals surface area contributed by atoms with Crippen LogP contribution in [0.25, 0.3) is 16.9 Å². The Morgan fingerprint density at radius 3 is 2.53 bits per heavy atom. The number of thiophene rings is 1. The summed E-state index contributed by atoms with van der Waals surface area (Å²) in [5.74, 6) is -0.360. The topological polar surface area (TPSA) is 70.7 Å². The number of carbonyl (C=O) groups is 1. The second kappa shape index (κ2) is 9.88. The van der Waals surface area contributed by atoms with Crippen molar-refractivity contribution in [2.75, 3.05) is 0 Å². The van der Waals surface area contributed by atoms with Crippen molar-refractivity contribution in [3.05, 3.63) is 90.6 Å². The summed E-state index contributed by atoms with van der Waals surface area (Å²) in [6, 6.07) is 20.4. The van der Waals surface area contributed by atoms with Crippen LogP contribution in [0.2, 0.25) is 10.0 Å². The predicted octanol–water partition coefficient (Wildman–Crippen LogP) is 6.67. The van der Waals surface area contributed by atoms with E-state index in [1.165, 1.54) is 11.3 Å². The van der Waals surface area contributed by atoms with Gasteiger partial charge in [0.2, 0.25) is 0 Å². The number of nitrogens with zero attached hydrogens (tertiary/aromatic N) is 3. The lowest BCUT2D eigenvalue weighted by atomic mass is 10.0. The van der Waals surface area contributed by atoms with Crippen LogP contribution in [0.5, 0.6) is 0 Å². The van der Waals surface area contributed by atoms with Crippen LogP contribution in [0.1, 0.15) is 20.9 Å². The van der Waals surface area contributed by atoms with Gasteiger partial charge in [0.15, 0.2) is 5.69 Å². The number of hydrogen-bond donors (Lipinski definition) is 1.